The lowest BCUT2D eigenvalue weighted by molar-refractivity contribution is -0.147. The Balaban J connectivity index is -0.000000212. The average molecular weight is 1170 g/mol. The number of nitrogens with zero attached hydrogens (tertiary/aromatic N) is 6. The number of methoxy groups -OCH3 is 4. The van der Waals surface area contributed by atoms with Gasteiger partial charge in [-0.3, -0.25) is 28.8 Å². The fraction of sp³-hybridized carbons (Fsp3) is 0.750. The zero-order valence-corrected chi connectivity index (χ0v) is 48.1. The average Bonchev–Trinajstić information content (AvgIpc) is 3.27. The predicted octanol–water partition coefficient (Wildman–Crippen LogP) is 3.76. The van der Waals surface area contributed by atoms with Crippen LogP contribution in [-0.2, 0) is 71.5 Å². The molecule has 0 radical (unpaired) electrons. The quantitative estimate of drug-likeness (QED) is 0.0260. The van der Waals surface area contributed by atoms with E-state index in [1.54, 1.807) is 83.1 Å². The fourth-order valence-electron chi connectivity index (χ4n) is 4.21. The molecule has 0 spiro atoms. The van der Waals surface area contributed by atoms with Crippen molar-refractivity contribution in [3.8, 4) is 0 Å². The minimum atomic E-state index is -1.36. The van der Waals surface area contributed by atoms with Crippen molar-refractivity contribution < 1.29 is 111 Å². The van der Waals surface area contributed by atoms with Crippen molar-refractivity contribution in [1.29, 1.82) is 0 Å². The Labute approximate surface area is 462 Å². The van der Waals surface area contributed by atoms with Gasteiger partial charge in [0.15, 0.2) is 0 Å². The molecule has 79 heavy (non-hydrogen) atoms. The normalized spacial score (nSPS) is 12.2. The van der Waals surface area contributed by atoms with Crippen LogP contribution in [0.4, 0.5) is 19.2 Å². The van der Waals surface area contributed by atoms with Crippen LogP contribution in [0.3, 0.4) is 0 Å². The zero-order valence-electron chi connectivity index (χ0n) is 47.3. The first-order valence-electron chi connectivity index (χ1n) is 22.8. The highest BCUT2D eigenvalue weighted by Crippen LogP contribution is 2.11. The Bertz CT molecular complexity index is 2020. The van der Waals surface area contributed by atoms with E-state index >= 15 is 0 Å². The van der Waals surface area contributed by atoms with Crippen LogP contribution in [0, 0.1) is 0 Å². The van der Waals surface area contributed by atoms with Crippen molar-refractivity contribution in [1.82, 2.24) is 21.3 Å². The molecule has 35 heteroatoms. The predicted molar refractivity (Wildman–Crippen MR) is 277 cm³/mol. The third-order valence-electron chi connectivity index (χ3n) is 7.33. The molecule has 0 bridgehead atoms. The topological polar surface area (TPSA) is 514 Å². The van der Waals surface area contributed by atoms with E-state index in [9.17, 15) is 52.7 Å². The number of amides is 4. The van der Waals surface area contributed by atoms with Gasteiger partial charge in [-0.2, -0.15) is 0 Å². The number of carbonyl (C=O) groups excluding carboxylic acids is 8. The van der Waals surface area contributed by atoms with E-state index < -0.39 is 125 Å². The molecule has 0 aromatic heterocycles. The van der Waals surface area contributed by atoms with Gasteiger partial charge in [0.25, 0.3) is 0 Å². The van der Waals surface area contributed by atoms with E-state index in [2.05, 4.69) is 60.3 Å². The summed E-state index contributed by atoms with van der Waals surface area (Å²) in [6, 6.07) is -4.64. The number of aliphatic carboxylic acids is 3. The van der Waals surface area contributed by atoms with Gasteiger partial charge in [-0.15, -0.1) is 12.4 Å². The smallest absolute Gasteiger partial charge is 0.408 e. The number of rotatable bonds is 21. The number of carbonyl (C=O) groups is 11. The number of aliphatic hydroxyl groups is 1. The maximum atomic E-state index is 11.5. The maximum Gasteiger partial charge on any atom is 0.408 e. The molecule has 34 nitrogen and oxygen atoms in total. The molecule has 4 amide bonds. The molecule has 456 valence electrons. The molecule has 0 saturated heterocycles. The SMILES string of the molecule is CC(C)(C)OC(=O)NC(CN=[N+]=[N-])CC(=O)O.COC(=O)CC(CN=[N+]=[N-])NC(=O)OC(C)(C)C.COC(=O)CC(CO)NC(=O)OC(C)(C)C.COC(=O)CC(N)C(=O)O.COC(=O)CC(NC(=O)OC(C)(C)C)C(=O)O.Cl. The summed E-state index contributed by atoms with van der Waals surface area (Å²) in [5.41, 5.74) is 18.7. The van der Waals surface area contributed by atoms with Crippen LogP contribution < -0.4 is 27.0 Å². The summed E-state index contributed by atoms with van der Waals surface area (Å²) in [4.78, 5) is 125. The van der Waals surface area contributed by atoms with Crippen molar-refractivity contribution in [2.24, 2.45) is 16.0 Å². The second-order valence-corrected chi connectivity index (χ2v) is 19.2. The highest BCUT2D eigenvalue weighted by Gasteiger charge is 2.27. The third kappa shape index (κ3) is 59.3. The molecule has 0 aliphatic rings. The summed E-state index contributed by atoms with van der Waals surface area (Å²) in [5, 5.41) is 50.3. The van der Waals surface area contributed by atoms with Crippen LogP contribution in [-0.4, -0.2) is 187 Å². The van der Waals surface area contributed by atoms with Gasteiger partial charge in [0, 0.05) is 35.0 Å². The standard InChI is InChI=1S/C10H18N4O4.C10H17NO6.C10H19NO5.C9H16N4O4.C5H9NO4.ClH/c1-10(2,3)18-9(16)13-7(6-12-14-11)5-8(15)17-4;1-10(2,3)17-9(15)11-6(8(13)14)5-7(12)16-4;1-10(2,3)16-9(14)11-7(6-12)5-8(13)15-4;1-9(2,3)17-8(16)12-6(4-7(14)15)5-11-13-10;1-10-4(7)2-3(6)5(8)9;/h7H,5-6H2,1-4H3,(H,13,16);6H,5H2,1-4H3,(H,11,15)(H,13,14);7,12H,5-6H2,1-4H3,(H,11,14);6H,4-5H2,1-3H3,(H,12,16)(H,14,15);3H,2,6H2,1H3,(H,8,9);1H. The maximum absolute atomic E-state index is 11.5. The molecule has 0 aliphatic carbocycles. The van der Waals surface area contributed by atoms with Crippen LogP contribution in [0.5, 0.6) is 0 Å². The number of esters is 4. The lowest BCUT2D eigenvalue weighted by atomic mass is 10.2. The highest BCUT2D eigenvalue weighted by molar-refractivity contribution is 5.86. The Morgan fingerprint density at radius 3 is 1.01 bits per heavy atom. The summed E-state index contributed by atoms with van der Waals surface area (Å²) < 4.78 is 37.2. The van der Waals surface area contributed by atoms with Gasteiger partial charge >= 0.3 is 66.2 Å². The molecule has 10 N–H and O–H groups in total. The second kappa shape index (κ2) is 43.2. The Morgan fingerprint density at radius 1 is 0.468 bits per heavy atom. The number of ether oxygens (including phenoxy) is 8. The summed E-state index contributed by atoms with van der Waals surface area (Å²) >= 11 is 0. The number of aliphatic hydroxyl groups excluding tert-OH is 1. The lowest BCUT2D eigenvalue weighted by Gasteiger charge is -2.22. The fourth-order valence-corrected chi connectivity index (χ4v) is 4.21. The van der Waals surface area contributed by atoms with E-state index in [-0.39, 0.29) is 57.8 Å². The van der Waals surface area contributed by atoms with Crippen molar-refractivity contribution in [2.45, 2.75) is 168 Å². The van der Waals surface area contributed by atoms with Gasteiger partial charge in [0.2, 0.25) is 0 Å². The molecule has 0 aromatic rings. The molecular formula is C44H80ClN11O23. The Hall–Kier alpha value is -7.80. The Morgan fingerprint density at radius 2 is 0.747 bits per heavy atom. The molecule has 0 rings (SSSR count). The summed E-state index contributed by atoms with van der Waals surface area (Å²) in [5.74, 6) is -5.99. The third-order valence-corrected chi connectivity index (χ3v) is 7.33. The van der Waals surface area contributed by atoms with Crippen molar-refractivity contribution in [3.63, 3.8) is 0 Å². The first-order chi connectivity index (χ1) is 35.5. The molecule has 5 atom stereocenters. The molecule has 0 saturated carbocycles. The number of azide groups is 2. The number of nitrogens with two attached hydrogens (primary N) is 1. The number of hydrogen-bond donors (Lipinski definition) is 9. The van der Waals surface area contributed by atoms with E-state index in [0.717, 1.165) is 7.11 Å². The molecule has 0 aliphatic heterocycles. The van der Waals surface area contributed by atoms with E-state index in [1.165, 1.54) is 21.3 Å². The number of carboxylic acids is 3. The van der Waals surface area contributed by atoms with Crippen molar-refractivity contribution >= 4 is 78.6 Å². The van der Waals surface area contributed by atoms with Crippen LogP contribution in [0.1, 0.15) is 115 Å². The van der Waals surface area contributed by atoms with Crippen molar-refractivity contribution in [3.05, 3.63) is 20.9 Å². The zero-order chi connectivity index (χ0) is 62.2. The largest absolute Gasteiger partial charge is 0.481 e. The van der Waals surface area contributed by atoms with E-state index in [4.69, 9.17) is 56.2 Å². The number of carboxylic acid groups (broad SMARTS) is 3. The van der Waals surface area contributed by atoms with Gasteiger partial charge in [-0.05, 0) is 94.1 Å². The number of alkyl carbamates (subject to hydrolysis) is 4. The van der Waals surface area contributed by atoms with Crippen molar-refractivity contribution in [2.75, 3.05) is 48.1 Å². The molecule has 0 aromatic carbocycles. The van der Waals surface area contributed by atoms with Gasteiger partial charge in [-0.1, -0.05) is 10.2 Å². The van der Waals surface area contributed by atoms with Gasteiger partial charge in [0.1, 0.15) is 34.5 Å². The van der Waals surface area contributed by atoms with Crippen LogP contribution in [0.25, 0.3) is 20.9 Å². The van der Waals surface area contributed by atoms with Gasteiger partial charge in [0.05, 0.1) is 73.2 Å². The number of nitrogens with one attached hydrogen (secondary N) is 4. The number of hydrogen-bond acceptors (Lipinski definition) is 23. The summed E-state index contributed by atoms with van der Waals surface area (Å²) in [6.07, 6.45) is -4.23. The molecule has 0 fully saturated rings. The van der Waals surface area contributed by atoms with E-state index in [1.807, 2.05) is 0 Å². The summed E-state index contributed by atoms with van der Waals surface area (Å²) in [7, 11) is 4.79. The van der Waals surface area contributed by atoms with Crippen LogP contribution >= 0.6 is 12.4 Å². The Kier molecular flexibility index (Phi) is 45.1. The van der Waals surface area contributed by atoms with Crippen LogP contribution in [0.2, 0.25) is 0 Å². The minimum Gasteiger partial charge on any atom is -0.481 e. The monoisotopic (exact) mass is 1170 g/mol. The first kappa shape index (κ1) is 82.5. The number of halogens is 1. The summed E-state index contributed by atoms with van der Waals surface area (Å²) in [6.45, 7) is 19.8. The molecular weight excluding hydrogens is 1090 g/mol. The van der Waals surface area contributed by atoms with E-state index in [0.29, 0.717) is 0 Å². The highest BCUT2D eigenvalue weighted by atomic mass is 35.5. The second-order valence-electron chi connectivity index (χ2n) is 19.2. The van der Waals surface area contributed by atoms with Gasteiger partial charge in [-0.25, -0.2) is 24.0 Å². The van der Waals surface area contributed by atoms with Gasteiger partial charge < -0.3 is 85.3 Å². The first-order valence-corrected chi connectivity index (χ1v) is 22.8. The minimum absolute atomic E-state index is 0. The molecule has 5 unspecified atom stereocenters. The molecule has 0 heterocycles. The lowest BCUT2D eigenvalue weighted by Crippen LogP contribution is -2.44. The van der Waals surface area contributed by atoms with Crippen LogP contribution in [0.15, 0.2) is 10.2 Å².